The van der Waals surface area contributed by atoms with Crippen LogP contribution in [0, 0.1) is 16.7 Å². The van der Waals surface area contributed by atoms with Gasteiger partial charge >= 0.3 is 0 Å². The molecule has 1 saturated heterocycles. The van der Waals surface area contributed by atoms with Crippen molar-refractivity contribution in [3.63, 3.8) is 0 Å². The minimum absolute atomic E-state index is 0.208. The third kappa shape index (κ3) is 3.81. The Bertz CT molecular complexity index is 683. The molecular weight excluding hydrogens is 332 g/mol. The first-order valence-electron chi connectivity index (χ1n) is 10.9. The van der Waals surface area contributed by atoms with E-state index in [2.05, 4.69) is 61.7 Å². The Hall–Kier alpha value is -1.35. The third-order valence-corrected chi connectivity index (χ3v) is 7.59. The second kappa shape index (κ2) is 6.92. The van der Waals surface area contributed by atoms with E-state index in [0.29, 0.717) is 17.9 Å². The summed E-state index contributed by atoms with van der Waals surface area (Å²) in [7, 11) is 0. The van der Waals surface area contributed by atoms with E-state index >= 15 is 0 Å². The van der Waals surface area contributed by atoms with Crippen molar-refractivity contribution >= 4 is 5.91 Å². The minimum atomic E-state index is -0.208. The van der Waals surface area contributed by atoms with E-state index in [0.717, 1.165) is 38.8 Å². The maximum Gasteiger partial charge on any atom is 0.226 e. The molecule has 3 nitrogen and oxygen atoms in total. The van der Waals surface area contributed by atoms with E-state index in [-0.39, 0.29) is 16.2 Å². The van der Waals surface area contributed by atoms with E-state index in [1.54, 1.807) is 0 Å². The van der Waals surface area contributed by atoms with Gasteiger partial charge in [0, 0.05) is 11.5 Å². The van der Waals surface area contributed by atoms with Gasteiger partial charge in [-0.05, 0) is 80.3 Å². The molecule has 1 aliphatic heterocycles. The lowest BCUT2D eigenvalue weighted by molar-refractivity contribution is -0.140. The molecule has 2 bridgehead atoms. The Balaban J connectivity index is 1.50. The first kappa shape index (κ1) is 19.0. The van der Waals surface area contributed by atoms with Crippen molar-refractivity contribution in [2.24, 2.45) is 16.7 Å². The lowest BCUT2D eigenvalue weighted by Crippen LogP contribution is -2.54. The molecule has 3 fully saturated rings. The third-order valence-electron chi connectivity index (χ3n) is 7.59. The summed E-state index contributed by atoms with van der Waals surface area (Å²) in [5.41, 5.74) is 1.77. The SMILES string of the molecule is CC12CC(CC(C)(C(=O)NC3CCNCC3)C1)C[C@](C)(c1ccccc1)C2. The number of hydrogen-bond donors (Lipinski definition) is 2. The monoisotopic (exact) mass is 368 g/mol. The number of piperidine rings is 1. The molecule has 4 atom stereocenters. The molecule has 148 valence electrons. The highest BCUT2D eigenvalue weighted by atomic mass is 16.2. The van der Waals surface area contributed by atoms with Gasteiger partial charge in [0.2, 0.25) is 5.91 Å². The van der Waals surface area contributed by atoms with Crippen molar-refractivity contribution < 1.29 is 4.79 Å². The fraction of sp³-hybridized carbons (Fsp3) is 0.708. The molecule has 27 heavy (non-hydrogen) atoms. The number of benzene rings is 1. The van der Waals surface area contributed by atoms with Gasteiger partial charge in [-0.3, -0.25) is 4.79 Å². The largest absolute Gasteiger partial charge is 0.353 e. The lowest BCUT2D eigenvalue weighted by Gasteiger charge is -2.56. The van der Waals surface area contributed by atoms with Crippen LogP contribution in [-0.4, -0.2) is 25.0 Å². The summed E-state index contributed by atoms with van der Waals surface area (Å²) < 4.78 is 0. The van der Waals surface area contributed by atoms with Gasteiger partial charge in [-0.15, -0.1) is 0 Å². The van der Waals surface area contributed by atoms with E-state index in [1.165, 1.54) is 24.8 Å². The molecule has 1 heterocycles. The maximum atomic E-state index is 13.3. The van der Waals surface area contributed by atoms with Gasteiger partial charge in [-0.1, -0.05) is 51.1 Å². The summed E-state index contributed by atoms with van der Waals surface area (Å²) in [5, 5.41) is 6.80. The van der Waals surface area contributed by atoms with Crippen molar-refractivity contribution in [1.29, 1.82) is 0 Å². The normalized spacial score (nSPS) is 39.7. The van der Waals surface area contributed by atoms with Crippen LogP contribution in [0.2, 0.25) is 0 Å². The molecule has 2 aliphatic carbocycles. The van der Waals surface area contributed by atoms with Crippen molar-refractivity contribution in [3.05, 3.63) is 35.9 Å². The maximum absolute atomic E-state index is 13.3. The number of carbonyl (C=O) groups excluding carboxylic acids is 1. The van der Waals surface area contributed by atoms with E-state index < -0.39 is 0 Å². The van der Waals surface area contributed by atoms with Gasteiger partial charge in [0.15, 0.2) is 0 Å². The van der Waals surface area contributed by atoms with Gasteiger partial charge < -0.3 is 10.6 Å². The van der Waals surface area contributed by atoms with Gasteiger partial charge in [0.05, 0.1) is 0 Å². The summed E-state index contributed by atoms with van der Waals surface area (Å²) in [6.45, 7) is 9.17. The highest BCUT2D eigenvalue weighted by Crippen LogP contribution is 2.60. The van der Waals surface area contributed by atoms with Crippen LogP contribution >= 0.6 is 0 Å². The fourth-order valence-electron chi connectivity index (χ4n) is 6.98. The number of nitrogens with one attached hydrogen (secondary N) is 2. The number of carbonyl (C=O) groups is 1. The van der Waals surface area contributed by atoms with Crippen molar-refractivity contribution in [3.8, 4) is 0 Å². The van der Waals surface area contributed by atoms with E-state index in [1.807, 2.05) is 0 Å². The first-order chi connectivity index (χ1) is 12.8. The second-order valence-corrected chi connectivity index (χ2v) is 10.6. The predicted octanol–water partition coefficient (Wildman–Crippen LogP) is 4.42. The Morgan fingerprint density at radius 1 is 1.00 bits per heavy atom. The summed E-state index contributed by atoms with van der Waals surface area (Å²) >= 11 is 0. The standard InChI is InChI=1S/C24H36N2O/c1-22-13-18(14-23(2,16-22)19-7-5-4-6-8-19)15-24(3,17-22)21(27)26-20-9-11-25-12-10-20/h4-8,18,20,25H,9-17H2,1-3H3,(H,26,27)/t18?,22?,23-,24?/m0/s1. The first-order valence-corrected chi connectivity index (χ1v) is 10.9. The smallest absolute Gasteiger partial charge is 0.226 e. The molecule has 1 aromatic rings. The van der Waals surface area contributed by atoms with Crippen LogP contribution in [0.4, 0.5) is 0 Å². The zero-order valence-corrected chi connectivity index (χ0v) is 17.3. The van der Waals surface area contributed by atoms with Crippen LogP contribution < -0.4 is 10.6 Å². The highest BCUT2D eigenvalue weighted by molar-refractivity contribution is 5.82. The average molecular weight is 369 g/mol. The molecule has 0 radical (unpaired) electrons. The molecule has 2 saturated carbocycles. The van der Waals surface area contributed by atoms with Crippen LogP contribution in [0.3, 0.4) is 0 Å². The second-order valence-electron chi connectivity index (χ2n) is 10.6. The zero-order valence-electron chi connectivity index (χ0n) is 17.3. The number of rotatable bonds is 3. The Kier molecular flexibility index (Phi) is 4.86. The number of fused-ring (bicyclic) bond motifs is 2. The topological polar surface area (TPSA) is 41.1 Å². The van der Waals surface area contributed by atoms with Crippen LogP contribution in [0.1, 0.15) is 71.3 Å². The van der Waals surface area contributed by atoms with Crippen molar-refractivity contribution in [1.82, 2.24) is 10.6 Å². The molecule has 3 aliphatic rings. The Morgan fingerprint density at radius 3 is 2.37 bits per heavy atom. The molecule has 1 amide bonds. The summed E-state index contributed by atoms with van der Waals surface area (Å²) in [6.07, 6.45) is 7.88. The molecule has 4 rings (SSSR count). The zero-order chi connectivity index (χ0) is 19.1. The summed E-state index contributed by atoms with van der Waals surface area (Å²) in [5.74, 6) is 0.958. The molecule has 2 N–H and O–H groups in total. The number of amides is 1. The molecular formula is C24H36N2O. The molecule has 0 aromatic heterocycles. The Morgan fingerprint density at radius 2 is 1.70 bits per heavy atom. The molecule has 0 spiro atoms. The summed E-state index contributed by atoms with van der Waals surface area (Å²) in [4.78, 5) is 13.3. The summed E-state index contributed by atoms with van der Waals surface area (Å²) in [6, 6.07) is 11.4. The van der Waals surface area contributed by atoms with Crippen LogP contribution in [0.25, 0.3) is 0 Å². The van der Waals surface area contributed by atoms with Crippen LogP contribution in [0.5, 0.6) is 0 Å². The molecule has 3 unspecified atom stereocenters. The van der Waals surface area contributed by atoms with Gasteiger partial charge in [0.1, 0.15) is 0 Å². The van der Waals surface area contributed by atoms with Gasteiger partial charge in [-0.2, -0.15) is 0 Å². The number of hydrogen-bond acceptors (Lipinski definition) is 2. The minimum Gasteiger partial charge on any atom is -0.353 e. The molecule has 3 heteroatoms. The van der Waals surface area contributed by atoms with Gasteiger partial charge in [0.25, 0.3) is 0 Å². The van der Waals surface area contributed by atoms with Crippen LogP contribution in [0.15, 0.2) is 30.3 Å². The van der Waals surface area contributed by atoms with Crippen molar-refractivity contribution in [2.75, 3.05) is 13.1 Å². The van der Waals surface area contributed by atoms with E-state index in [9.17, 15) is 4.79 Å². The molecule has 1 aromatic carbocycles. The van der Waals surface area contributed by atoms with Gasteiger partial charge in [-0.25, -0.2) is 0 Å². The predicted molar refractivity (Wildman–Crippen MR) is 111 cm³/mol. The average Bonchev–Trinajstić information content (AvgIpc) is 2.61. The van der Waals surface area contributed by atoms with E-state index in [4.69, 9.17) is 0 Å². The Labute approximate surface area is 164 Å². The fourth-order valence-corrected chi connectivity index (χ4v) is 6.98. The highest BCUT2D eigenvalue weighted by Gasteiger charge is 2.54. The quantitative estimate of drug-likeness (QED) is 0.829. The van der Waals surface area contributed by atoms with Crippen molar-refractivity contribution in [2.45, 2.75) is 77.2 Å². The lowest BCUT2D eigenvalue weighted by atomic mass is 9.48. The van der Waals surface area contributed by atoms with Crippen LogP contribution in [-0.2, 0) is 10.2 Å².